The van der Waals surface area contributed by atoms with Crippen LogP contribution in [0.5, 0.6) is 5.75 Å². The van der Waals surface area contributed by atoms with Gasteiger partial charge < -0.3 is 25.0 Å². The number of anilines is 1. The van der Waals surface area contributed by atoms with E-state index in [-0.39, 0.29) is 37.8 Å². The van der Waals surface area contributed by atoms with Gasteiger partial charge >= 0.3 is 5.97 Å². The molecule has 0 aromatic heterocycles. The number of amidine groups is 1. The van der Waals surface area contributed by atoms with Gasteiger partial charge in [-0.25, -0.2) is 4.39 Å². The van der Waals surface area contributed by atoms with Gasteiger partial charge in [-0.3, -0.25) is 15.0 Å². The number of carbonyl (C=O) groups is 2. The molecule has 9 heteroatoms. The number of methoxy groups -OCH3 is 1. The summed E-state index contributed by atoms with van der Waals surface area (Å²) in [4.78, 5) is 28.0. The molecule has 2 aromatic carbocycles. The van der Waals surface area contributed by atoms with E-state index >= 15 is 0 Å². The summed E-state index contributed by atoms with van der Waals surface area (Å²) in [6.07, 6.45) is -0.330. The number of hydrogen-bond acceptors (Lipinski definition) is 6. The van der Waals surface area contributed by atoms with E-state index in [1.165, 1.54) is 7.11 Å². The van der Waals surface area contributed by atoms with Gasteiger partial charge in [0.1, 0.15) is 24.6 Å². The van der Waals surface area contributed by atoms with E-state index in [1.54, 1.807) is 47.4 Å². The molecule has 0 spiro atoms. The van der Waals surface area contributed by atoms with E-state index in [0.29, 0.717) is 43.2 Å². The number of nitrogens with one attached hydrogen (secondary N) is 1. The Labute approximate surface area is 187 Å². The van der Waals surface area contributed by atoms with Crippen LogP contribution in [-0.4, -0.2) is 55.9 Å². The zero-order valence-corrected chi connectivity index (χ0v) is 17.3. The van der Waals surface area contributed by atoms with E-state index in [9.17, 15) is 14.0 Å². The SMILES string of the molecule is C.COc1ccccc1C(=O)N1CCN(c2cccc(COC(=O)CC(=N)N)c2F)CC1. The van der Waals surface area contributed by atoms with E-state index in [1.807, 2.05) is 4.90 Å². The quantitative estimate of drug-likeness (QED) is 0.386. The fourth-order valence-corrected chi connectivity index (χ4v) is 3.43. The Balaban J connectivity index is 0.00000363. The van der Waals surface area contributed by atoms with E-state index in [2.05, 4.69) is 0 Å². The van der Waals surface area contributed by atoms with Gasteiger partial charge in [0.15, 0.2) is 5.82 Å². The Morgan fingerprint density at radius 1 is 1.09 bits per heavy atom. The molecule has 3 rings (SSSR count). The summed E-state index contributed by atoms with van der Waals surface area (Å²) in [6.45, 7) is 1.57. The third-order valence-corrected chi connectivity index (χ3v) is 5.03. The first-order valence-electron chi connectivity index (χ1n) is 9.84. The average molecular weight is 445 g/mol. The van der Waals surface area contributed by atoms with Crippen LogP contribution in [0.2, 0.25) is 0 Å². The Morgan fingerprint density at radius 2 is 1.78 bits per heavy atom. The van der Waals surface area contributed by atoms with Gasteiger partial charge in [0.2, 0.25) is 0 Å². The molecule has 1 aliphatic heterocycles. The smallest absolute Gasteiger partial charge is 0.313 e. The van der Waals surface area contributed by atoms with Crippen LogP contribution >= 0.6 is 0 Å². The van der Waals surface area contributed by atoms with Crippen LogP contribution in [0.25, 0.3) is 0 Å². The lowest BCUT2D eigenvalue weighted by atomic mass is 10.1. The fourth-order valence-electron chi connectivity index (χ4n) is 3.43. The van der Waals surface area contributed by atoms with Crippen molar-refractivity contribution in [2.24, 2.45) is 5.73 Å². The van der Waals surface area contributed by atoms with Crippen LogP contribution in [0, 0.1) is 11.2 Å². The molecule has 0 atom stereocenters. The van der Waals surface area contributed by atoms with Crippen molar-refractivity contribution in [3.8, 4) is 5.75 Å². The molecule has 172 valence electrons. The minimum absolute atomic E-state index is 0. The molecular formula is C23H29FN4O4. The number of amides is 1. The second-order valence-electron chi connectivity index (χ2n) is 7.09. The summed E-state index contributed by atoms with van der Waals surface area (Å²) in [5.74, 6) is -1.06. The van der Waals surface area contributed by atoms with Gasteiger partial charge in [-0.15, -0.1) is 0 Å². The number of ether oxygens (including phenoxy) is 2. The minimum atomic E-state index is -0.680. The van der Waals surface area contributed by atoms with Crippen molar-refractivity contribution in [2.75, 3.05) is 38.2 Å². The number of hydrogen-bond donors (Lipinski definition) is 2. The van der Waals surface area contributed by atoms with Crippen molar-refractivity contribution >= 4 is 23.4 Å². The van der Waals surface area contributed by atoms with Crippen molar-refractivity contribution in [2.45, 2.75) is 20.5 Å². The third-order valence-electron chi connectivity index (χ3n) is 5.03. The van der Waals surface area contributed by atoms with Gasteiger partial charge in [0.05, 0.1) is 18.4 Å². The molecular weight excluding hydrogens is 415 g/mol. The number of nitrogens with two attached hydrogens (primary N) is 1. The second-order valence-corrected chi connectivity index (χ2v) is 7.09. The van der Waals surface area contributed by atoms with E-state index < -0.39 is 11.8 Å². The molecule has 1 heterocycles. The van der Waals surface area contributed by atoms with Gasteiger partial charge in [0, 0.05) is 31.7 Å². The molecule has 0 radical (unpaired) electrons. The number of piperazine rings is 1. The van der Waals surface area contributed by atoms with Gasteiger partial charge in [0.25, 0.3) is 5.91 Å². The summed E-state index contributed by atoms with van der Waals surface area (Å²) in [5, 5.41) is 7.10. The molecule has 1 fully saturated rings. The van der Waals surface area contributed by atoms with Crippen LogP contribution in [-0.2, 0) is 16.1 Å². The highest BCUT2D eigenvalue weighted by atomic mass is 19.1. The number of halogens is 1. The molecule has 0 saturated carbocycles. The molecule has 2 aromatic rings. The first kappa shape index (κ1) is 24.6. The first-order valence-corrected chi connectivity index (χ1v) is 9.84. The normalized spacial score (nSPS) is 13.2. The van der Waals surface area contributed by atoms with Crippen molar-refractivity contribution in [1.29, 1.82) is 5.41 Å². The first-order chi connectivity index (χ1) is 14.9. The van der Waals surface area contributed by atoms with Crippen molar-refractivity contribution in [3.63, 3.8) is 0 Å². The zero-order chi connectivity index (χ0) is 22.4. The maximum atomic E-state index is 15.0. The maximum Gasteiger partial charge on any atom is 0.313 e. The third kappa shape index (κ3) is 5.75. The molecule has 0 unspecified atom stereocenters. The molecule has 32 heavy (non-hydrogen) atoms. The number of esters is 1. The minimum Gasteiger partial charge on any atom is -0.496 e. The molecule has 1 aliphatic rings. The summed E-state index contributed by atoms with van der Waals surface area (Å²) >= 11 is 0. The Hall–Kier alpha value is -3.62. The van der Waals surface area contributed by atoms with Crippen molar-refractivity contribution in [1.82, 2.24) is 4.90 Å². The highest BCUT2D eigenvalue weighted by molar-refractivity contribution is 5.97. The number of nitrogens with zero attached hydrogens (tertiary/aromatic N) is 2. The Bertz CT molecular complexity index is 974. The molecule has 1 saturated heterocycles. The van der Waals surface area contributed by atoms with E-state index in [4.69, 9.17) is 20.6 Å². The lowest BCUT2D eigenvalue weighted by Gasteiger charge is -2.36. The van der Waals surface area contributed by atoms with Crippen molar-refractivity contribution < 1.29 is 23.5 Å². The van der Waals surface area contributed by atoms with Crippen LogP contribution in [0.3, 0.4) is 0 Å². The summed E-state index contributed by atoms with van der Waals surface area (Å²) in [6, 6.07) is 12.0. The van der Waals surface area contributed by atoms with Gasteiger partial charge in [-0.2, -0.15) is 0 Å². The summed E-state index contributed by atoms with van der Waals surface area (Å²) in [7, 11) is 1.53. The molecule has 8 nitrogen and oxygen atoms in total. The largest absolute Gasteiger partial charge is 0.496 e. The van der Waals surface area contributed by atoms with Gasteiger partial charge in [-0.05, 0) is 18.2 Å². The lowest BCUT2D eigenvalue weighted by Crippen LogP contribution is -2.49. The maximum absolute atomic E-state index is 15.0. The monoisotopic (exact) mass is 444 g/mol. The lowest BCUT2D eigenvalue weighted by molar-refractivity contribution is -0.143. The van der Waals surface area contributed by atoms with Crippen LogP contribution in [0.4, 0.5) is 10.1 Å². The molecule has 0 aliphatic carbocycles. The predicted octanol–water partition coefficient (Wildman–Crippen LogP) is 2.80. The Kier molecular flexibility index (Phi) is 8.57. The predicted molar refractivity (Wildman–Crippen MR) is 121 cm³/mol. The number of para-hydroxylation sites is 1. The topological polar surface area (TPSA) is 109 Å². The highest BCUT2D eigenvalue weighted by Gasteiger charge is 2.26. The zero-order valence-electron chi connectivity index (χ0n) is 17.3. The second kappa shape index (κ2) is 11.1. The van der Waals surface area contributed by atoms with Crippen LogP contribution in [0.15, 0.2) is 42.5 Å². The van der Waals surface area contributed by atoms with Crippen molar-refractivity contribution in [3.05, 3.63) is 59.4 Å². The number of carbonyl (C=O) groups excluding carboxylic acids is 2. The van der Waals surface area contributed by atoms with Gasteiger partial charge in [-0.1, -0.05) is 31.7 Å². The highest BCUT2D eigenvalue weighted by Crippen LogP contribution is 2.25. The molecule has 3 N–H and O–H groups in total. The molecule has 0 bridgehead atoms. The standard InChI is InChI=1S/C22H25FN4O4.CH4/c1-30-18-8-3-2-6-16(18)22(29)27-11-9-26(10-12-27)17-7-4-5-15(21(17)23)14-31-20(28)13-19(24)25;/h2-8H,9-14H2,1H3,(H3,24,25);1H4. The van der Waals surface area contributed by atoms with E-state index in [0.717, 1.165) is 0 Å². The average Bonchev–Trinajstić information content (AvgIpc) is 2.77. The van der Waals surface area contributed by atoms with Crippen LogP contribution in [0.1, 0.15) is 29.8 Å². The number of benzene rings is 2. The summed E-state index contributed by atoms with van der Waals surface area (Å²) in [5.41, 5.74) is 6.30. The number of rotatable bonds is 7. The fraction of sp³-hybridized carbons (Fsp3) is 0.348. The Morgan fingerprint density at radius 3 is 2.44 bits per heavy atom. The molecule has 1 amide bonds. The summed E-state index contributed by atoms with van der Waals surface area (Å²) < 4.78 is 25.3. The van der Waals surface area contributed by atoms with Crippen LogP contribution < -0.4 is 15.4 Å².